The van der Waals surface area contributed by atoms with Crippen LogP contribution in [0.25, 0.3) is 11.1 Å². The summed E-state index contributed by atoms with van der Waals surface area (Å²) in [4.78, 5) is 14.7. The molecule has 158 valence electrons. The fourth-order valence-electron chi connectivity index (χ4n) is 2.40. The Morgan fingerprint density at radius 1 is 0.710 bits per heavy atom. The number of nitro benzene ring substituents is 1. The minimum Gasteiger partial charge on any atom is -0.258 e. The molecule has 0 amide bonds. The quantitative estimate of drug-likeness (QED) is 0.191. The van der Waals surface area contributed by atoms with Gasteiger partial charge in [0, 0.05) is 17.7 Å². The lowest BCUT2D eigenvalue weighted by Crippen LogP contribution is -2.04. The maximum atomic E-state index is 14.0. The van der Waals surface area contributed by atoms with Gasteiger partial charge in [-0.05, 0) is 11.6 Å². The first-order chi connectivity index (χ1) is 14.5. The summed E-state index contributed by atoms with van der Waals surface area (Å²) in [6.07, 6.45) is 0. The molecule has 0 radical (unpaired) electrons. The van der Waals surface area contributed by atoms with Crippen LogP contribution < -0.4 is 0 Å². The molecule has 0 saturated carbocycles. The molecule has 2 heterocycles. The molecule has 0 aliphatic carbocycles. The second-order valence-electron chi connectivity index (χ2n) is 5.67. The van der Waals surface area contributed by atoms with E-state index in [9.17, 15) is 45.2 Å². The third-order valence-electron chi connectivity index (χ3n) is 3.74. The molecule has 3 aromatic rings. The van der Waals surface area contributed by atoms with Gasteiger partial charge >= 0.3 is 0 Å². The molecule has 0 aliphatic heterocycles. The molecule has 0 saturated heterocycles. The standard InChI is InChI=1S/C18H3F8N3O2/c19-11-9(12(20)16(24)27-15(11)23)2-1-6-3-7(5-8(4-6)29(30)31)10-13(21)17(25)28-18(26)14(10)22/h3-5H. The third kappa shape index (κ3) is 4.00. The maximum absolute atomic E-state index is 14.0. The number of rotatable bonds is 2. The van der Waals surface area contributed by atoms with Crippen LogP contribution in [-0.2, 0) is 0 Å². The van der Waals surface area contributed by atoms with Crippen molar-refractivity contribution in [3.8, 4) is 23.0 Å². The minimum absolute atomic E-state index is 0.540. The summed E-state index contributed by atoms with van der Waals surface area (Å²) in [7, 11) is 0. The van der Waals surface area contributed by atoms with Crippen molar-refractivity contribution in [3.63, 3.8) is 0 Å². The second-order valence-corrected chi connectivity index (χ2v) is 5.67. The van der Waals surface area contributed by atoms with Crippen LogP contribution in [-0.4, -0.2) is 14.9 Å². The molecule has 0 aliphatic rings. The van der Waals surface area contributed by atoms with Crippen LogP contribution in [0.4, 0.5) is 40.8 Å². The van der Waals surface area contributed by atoms with E-state index in [4.69, 9.17) is 0 Å². The van der Waals surface area contributed by atoms with Crippen molar-refractivity contribution < 1.29 is 40.0 Å². The summed E-state index contributed by atoms with van der Waals surface area (Å²) in [5, 5.41) is 11.1. The Hall–Kier alpha value is -4.08. The van der Waals surface area contributed by atoms with Gasteiger partial charge in [0.2, 0.25) is 0 Å². The van der Waals surface area contributed by atoms with Crippen LogP contribution in [0.3, 0.4) is 0 Å². The predicted molar refractivity (Wildman–Crippen MR) is 86.2 cm³/mol. The lowest BCUT2D eigenvalue weighted by Gasteiger charge is -2.07. The van der Waals surface area contributed by atoms with E-state index in [1.54, 1.807) is 5.92 Å². The van der Waals surface area contributed by atoms with Gasteiger partial charge in [0.1, 0.15) is 5.56 Å². The zero-order valence-electron chi connectivity index (χ0n) is 14.4. The number of non-ortho nitro benzene ring substituents is 1. The van der Waals surface area contributed by atoms with Crippen LogP contribution in [0, 0.1) is 69.0 Å². The van der Waals surface area contributed by atoms with Gasteiger partial charge in [-0.2, -0.15) is 27.5 Å². The summed E-state index contributed by atoms with van der Waals surface area (Å²) in [6.45, 7) is 0. The van der Waals surface area contributed by atoms with Gasteiger partial charge in [0.25, 0.3) is 29.5 Å². The normalized spacial score (nSPS) is 10.6. The molecule has 0 N–H and O–H groups in total. The van der Waals surface area contributed by atoms with Crippen LogP contribution in [0.15, 0.2) is 18.2 Å². The highest BCUT2D eigenvalue weighted by Crippen LogP contribution is 2.31. The van der Waals surface area contributed by atoms with Gasteiger partial charge in [-0.25, -0.2) is 17.6 Å². The second kappa shape index (κ2) is 7.98. The predicted octanol–water partition coefficient (Wildman–Crippen LogP) is 4.56. The first-order valence-electron chi connectivity index (χ1n) is 7.73. The molecule has 0 fully saturated rings. The summed E-state index contributed by atoms with van der Waals surface area (Å²) in [5.74, 6) is -12.4. The van der Waals surface area contributed by atoms with Crippen LogP contribution in [0.2, 0.25) is 0 Å². The van der Waals surface area contributed by atoms with E-state index < -0.39 is 79.9 Å². The monoisotopic (exact) mass is 445 g/mol. The van der Waals surface area contributed by atoms with E-state index in [2.05, 4.69) is 9.97 Å². The Labute approximate surface area is 166 Å². The van der Waals surface area contributed by atoms with E-state index in [0.29, 0.717) is 18.2 Å². The summed E-state index contributed by atoms with van der Waals surface area (Å²) < 4.78 is 108. The summed E-state index contributed by atoms with van der Waals surface area (Å²) >= 11 is 0. The largest absolute Gasteiger partial charge is 0.271 e. The maximum Gasteiger partial charge on any atom is 0.271 e. The lowest BCUT2D eigenvalue weighted by atomic mass is 10.0. The fourth-order valence-corrected chi connectivity index (χ4v) is 2.40. The van der Waals surface area contributed by atoms with Crippen LogP contribution >= 0.6 is 0 Å². The third-order valence-corrected chi connectivity index (χ3v) is 3.74. The molecule has 0 unspecified atom stereocenters. The van der Waals surface area contributed by atoms with E-state index in [1.807, 2.05) is 5.92 Å². The topological polar surface area (TPSA) is 68.9 Å². The average molecular weight is 445 g/mol. The number of hydrogen-bond acceptors (Lipinski definition) is 4. The number of pyridine rings is 2. The molecule has 13 heteroatoms. The number of halogens is 8. The zero-order chi connectivity index (χ0) is 23.0. The highest BCUT2D eigenvalue weighted by molar-refractivity contribution is 5.70. The smallest absolute Gasteiger partial charge is 0.258 e. The molecular formula is C18H3F8N3O2. The summed E-state index contributed by atoms with van der Waals surface area (Å²) in [6, 6.07) is 1.90. The molecular weight excluding hydrogens is 442 g/mol. The van der Waals surface area contributed by atoms with Gasteiger partial charge in [0.15, 0.2) is 23.3 Å². The van der Waals surface area contributed by atoms with Crippen LogP contribution in [0.5, 0.6) is 0 Å². The van der Waals surface area contributed by atoms with Crippen molar-refractivity contribution >= 4 is 5.69 Å². The average Bonchev–Trinajstić information content (AvgIpc) is 2.71. The molecule has 5 nitrogen and oxygen atoms in total. The minimum atomic E-state index is -2.04. The molecule has 0 spiro atoms. The first kappa shape index (κ1) is 21.6. The lowest BCUT2D eigenvalue weighted by molar-refractivity contribution is -0.384. The highest BCUT2D eigenvalue weighted by atomic mass is 19.2. The SMILES string of the molecule is O=[N+]([O-])c1cc(C#Cc2c(F)c(F)nc(F)c2F)cc(-c2c(F)c(F)nc(F)c2F)c1. The number of hydrogen-bond donors (Lipinski definition) is 0. The van der Waals surface area contributed by atoms with Crippen molar-refractivity contribution in [1.29, 1.82) is 0 Å². The van der Waals surface area contributed by atoms with Gasteiger partial charge < -0.3 is 0 Å². The van der Waals surface area contributed by atoms with Gasteiger partial charge in [-0.1, -0.05) is 11.8 Å². The number of nitrogens with zero attached hydrogens (tertiary/aromatic N) is 3. The van der Waals surface area contributed by atoms with Crippen molar-refractivity contribution in [3.05, 3.63) is 86.5 Å². The molecule has 31 heavy (non-hydrogen) atoms. The molecule has 0 atom stereocenters. The number of benzene rings is 1. The van der Waals surface area contributed by atoms with Crippen molar-refractivity contribution in [2.45, 2.75) is 0 Å². The fraction of sp³-hybridized carbons (Fsp3) is 0. The summed E-state index contributed by atoms with van der Waals surface area (Å²) in [5.41, 5.74) is -4.99. The van der Waals surface area contributed by atoms with E-state index in [-0.39, 0.29) is 0 Å². The molecule has 1 aromatic carbocycles. The molecule has 0 bridgehead atoms. The van der Waals surface area contributed by atoms with Crippen molar-refractivity contribution in [1.82, 2.24) is 9.97 Å². The van der Waals surface area contributed by atoms with E-state index >= 15 is 0 Å². The van der Waals surface area contributed by atoms with Gasteiger partial charge in [-0.3, -0.25) is 10.1 Å². The number of nitro groups is 1. The zero-order valence-corrected chi connectivity index (χ0v) is 14.4. The molecule has 2 aromatic heterocycles. The Kier molecular flexibility index (Phi) is 5.56. The Morgan fingerprint density at radius 2 is 1.19 bits per heavy atom. The first-order valence-corrected chi connectivity index (χ1v) is 7.73. The van der Waals surface area contributed by atoms with Gasteiger partial charge in [-0.15, -0.1) is 0 Å². The van der Waals surface area contributed by atoms with Crippen LogP contribution in [0.1, 0.15) is 11.1 Å². The molecule has 3 rings (SSSR count). The number of aromatic nitrogens is 2. The Balaban J connectivity index is 2.25. The van der Waals surface area contributed by atoms with E-state index in [0.717, 1.165) is 0 Å². The van der Waals surface area contributed by atoms with Crippen molar-refractivity contribution in [2.24, 2.45) is 0 Å². The van der Waals surface area contributed by atoms with E-state index in [1.165, 1.54) is 0 Å². The Morgan fingerprint density at radius 3 is 1.68 bits per heavy atom. The Bertz CT molecular complexity index is 1270. The van der Waals surface area contributed by atoms with Crippen molar-refractivity contribution in [2.75, 3.05) is 0 Å². The highest BCUT2D eigenvalue weighted by Gasteiger charge is 2.24. The van der Waals surface area contributed by atoms with Gasteiger partial charge in [0.05, 0.1) is 10.5 Å².